The molecule has 0 nitrogen and oxygen atoms in total. The lowest BCUT2D eigenvalue weighted by atomic mass is 9.89. The minimum atomic E-state index is 0.216. The van der Waals surface area contributed by atoms with Crippen molar-refractivity contribution in [3.05, 3.63) is 69.2 Å². The zero-order chi connectivity index (χ0) is 14.1. The van der Waals surface area contributed by atoms with Gasteiger partial charge >= 0.3 is 0 Å². The van der Waals surface area contributed by atoms with Crippen LogP contribution in [0.4, 0.5) is 0 Å². The minimum absolute atomic E-state index is 0.216. The van der Waals surface area contributed by atoms with Crippen molar-refractivity contribution >= 4 is 27.5 Å². The Kier molecular flexibility index (Phi) is 4.18. The summed E-state index contributed by atoms with van der Waals surface area (Å²) in [5.41, 5.74) is 6.80. The van der Waals surface area contributed by atoms with Gasteiger partial charge in [0.25, 0.3) is 0 Å². The molecule has 0 radical (unpaired) electrons. The molecule has 2 heteroatoms. The Labute approximate surface area is 134 Å². The van der Waals surface area contributed by atoms with Crippen molar-refractivity contribution in [2.24, 2.45) is 0 Å². The molecule has 2 aromatic rings. The van der Waals surface area contributed by atoms with Gasteiger partial charge in [-0.05, 0) is 66.5 Å². The molecular formula is C18H18BrCl. The highest BCUT2D eigenvalue weighted by Gasteiger charge is 2.17. The van der Waals surface area contributed by atoms with Crippen molar-refractivity contribution in [1.29, 1.82) is 0 Å². The lowest BCUT2D eigenvalue weighted by Crippen LogP contribution is -2.04. The van der Waals surface area contributed by atoms with Crippen molar-refractivity contribution in [2.45, 2.75) is 37.4 Å². The van der Waals surface area contributed by atoms with Crippen LogP contribution in [0.1, 0.15) is 45.5 Å². The SMILES string of the molecule is Cc1c(Cl)cccc1C(Br)c1ccc2c(c1)CCCC2. The first-order valence-corrected chi connectivity index (χ1v) is 8.47. The molecule has 104 valence electrons. The molecule has 0 saturated heterocycles. The molecule has 1 unspecified atom stereocenters. The average molecular weight is 350 g/mol. The molecule has 20 heavy (non-hydrogen) atoms. The lowest BCUT2D eigenvalue weighted by Gasteiger charge is -2.20. The zero-order valence-electron chi connectivity index (χ0n) is 11.6. The van der Waals surface area contributed by atoms with Crippen LogP contribution in [0.2, 0.25) is 5.02 Å². The smallest absolute Gasteiger partial charge is 0.0647 e. The maximum Gasteiger partial charge on any atom is 0.0647 e. The molecule has 0 spiro atoms. The fourth-order valence-electron chi connectivity index (χ4n) is 2.99. The van der Waals surface area contributed by atoms with Crippen LogP contribution in [0.3, 0.4) is 0 Å². The van der Waals surface area contributed by atoms with E-state index in [1.54, 1.807) is 0 Å². The average Bonchev–Trinajstić information content (AvgIpc) is 2.49. The number of rotatable bonds is 2. The van der Waals surface area contributed by atoms with Crippen LogP contribution < -0.4 is 0 Å². The standard InChI is InChI=1S/C18H18BrCl/c1-12-16(7-4-8-17(12)20)18(19)15-10-9-13-5-2-3-6-14(13)11-15/h4,7-11,18H,2-3,5-6H2,1H3. The molecule has 1 atom stereocenters. The number of alkyl halides is 1. The number of hydrogen-bond donors (Lipinski definition) is 0. The lowest BCUT2D eigenvalue weighted by molar-refractivity contribution is 0.684. The highest BCUT2D eigenvalue weighted by molar-refractivity contribution is 9.09. The molecule has 0 aromatic heterocycles. The Balaban J connectivity index is 1.98. The van der Waals surface area contributed by atoms with E-state index in [1.807, 2.05) is 12.1 Å². The van der Waals surface area contributed by atoms with Crippen LogP contribution in [-0.4, -0.2) is 0 Å². The van der Waals surface area contributed by atoms with E-state index in [0.717, 1.165) is 10.6 Å². The topological polar surface area (TPSA) is 0 Å². The van der Waals surface area contributed by atoms with Gasteiger partial charge in [0.2, 0.25) is 0 Å². The van der Waals surface area contributed by atoms with Gasteiger partial charge in [-0.25, -0.2) is 0 Å². The Hall–Kier alpha value is -0.790. The number of halogens is 2. The third kappa shape index (κ3) is 2.66. The molecule has 0 heterocycles. The number of aryl methyl sites for hydroxylation is 2. The monoisotopic (exact) mass is 348 g/mol. The van der Waals surface area contributed by atoms with Crippen molar-refractivity contribution < 1.29 is 0 Å². The largest absolute Gasteiger partial charge is 0.0840 e. The maximum absolute atomic E-state index is 6.24. The molecule has 3 rings (SSSR count). The van der Waals surface area contributed by atoms with Gasteiger partial charge in [0.05, 0.1) is 4.83 Å². The fourth-order valence-corrected chi connectivity index (χ4v) is 3.95. The van der Waals surface area contributed by atoms with E-state index < -0.39 is 0 Å². The van der Waals surface area contributed by atoms with Crippen LogP contribution >= 0.6 is 27.5 Å². The van der Waals surface area contributed by atoms with Crippen LogP contribution in [0, 0.1) is 6.92 Å². The van der Waals surface area contributed by atoms with E-state index in [4.69, 9.17) is 11.6 Å². The molecule has 0 bridgehead atoms. The first-order chi connectivity index (χ1) is 9.66. The first-order valence-electron chi connectivity index (χ1n) is 7.17. The van der Waals surface area contributed by atoms with Crippen molar-refractivity contribution in [3.63, 3.8) is 0 Å². The molecule has 0 amide bonds. The second-order valence-electron chi connectivity index (χ2n) is 5.55. The molecular weight excluding hydrogens is 332 g/mol. The summed E-state index contributed by atoms with van der Waals surface area (Å²) in [6, 6.07) is 13.1. The summed E-state index contributed by atoms with van der Waals surface area (Å²) in [5.74, 6) is 0. The molecule has 0 N–H and O–H groups in total. The van der Waals surface area contributed by atoms with Crippen molar-refractivity contribution in [2.75, 3.05) is 0 Å². The molecule has 2 aromatic carbocycles. The number of benzene rings is 2. The molecule has 0 aliphatic heterocycles. The predicted molar refractivity (Wildman–Crippen MR) is 90.0 cm³/mol. The van der Waals surface area contributed by atoms with E-state index in [-0.39, 0.29) is 4.83 Å². The molecule has 1 aliphatic carbocycles. The van der Waals surface area contributed by atoms with Gasteiger partial charge in [0, 0.05) is 5.02 Å². The third-order valence-corrected chi connectivity index (χ3v) is 5.68. The van der Waals surface area contributed by atoms with Crippen LogP contribution in [0.5, 0.6) is 0 Å². The Morgan fingerprint density at radius 1 is 1.05 bits per heavy atom. The van der Waals surface area contributed by atoms with Crippen LogP contribution in [0.25, 0.3) is 0 Å². The van der Waals surface area contributed by atoms with Gasteiger partial charge in [-0.2, -0.15) is 0 Å². The predicted octanol–water partition coefficient (Wildman–Crippen LogP) is 6.01. The summed E-state index contributed by atoms with van der Waals surface area (Å²) in [4.78, 5) is 0.216. The third-order valence-electron chi connectivity index (χ3n) is 4.25. The van der Waals surface area contributed by atoms with Crippen LogP contribution in [-0.2, 0) is 12.8 Å². The molecule has 0 saturated carbocycles. The van der Waals surface area contributed by atoms with E-state index in [2.05, 4.69) is 47.1 Å². The molecule has 1 aliphatic rings. The van der Waals surface area contributed by atoms with Crippen molar-refractivity contribution in [3.8, 4) is 0 Å². The summed E-state index contributed by atoms with van der Waals surface area (Å²) >= 11 is 10.1. The second kappa shape index (κ2) is 5.91. The van der Waals surface area contributed by atoms with Crippen molar-refractivity contribution in [1.82, 2.24) is 0 Å². The summed E-state index contributed by atoms with van der Waals surface area (Å²) in [6.07, 6.45) is 5.10. The molecule has 0 fully saturated rings. The van der Waals surface area contributed by atoms with Gasteiger partial charge in [-0.15, -0.1) is 0 Å². The van der Waals surface area contributed by atoms with Gasteiger partial charge < -0.3 is 0 Å². The Morgan fingerprint density at radius 2 is 1.80 bits per heavy atom. The van der Waals surface area contributed by atoms with E-state index >= 15 is 0 Å². The van der Waals surface area contributed by atoms with Gasteiger partial charge in [-0.3, -0.25) is 0 Å². The first kappa shape index (κ1) is 14.2. The van der Waals surface area contributed by atoms with Gasteiger partial charge in [0.1, 0.15) is 0 Å². The highest BCUT2D eigenvalue weighted by Crippen LogP contribution is 2.36. The number of fused-ring (bicyclic) bond motifs is 1. The highest BCUT2D eigenvalue weighted by atomic mass is 79.9. The quantitative estimate of drug-likeness (QED) is 0.582. The number of hydrogen-bond acceptors (Lipinski definition) is 0. The summed E-state index contributed by atoms with van der Waals surface area (Å²) in [7, 11) is 0. The maximum atomic E-state index is 6.24. The zero-order valence-corrected chi connectivity index (χ0v) is 14.0. The summed E-state index contributed by atoms with van der Waals surface area (Å²) in [5, 5.41) is 0.838. The fraction of sp³-hybridized carbons (Fsp3) is 0.333. The van der Waals surface area contributed by atoms with Crippen LogP contribution in [0.15, 0.2) is 36.4 Å². The van der Waals surface area contributed by atoms with Gasteiger partial charge in [-0.1, -0.05) is 57.9 Å². The second-order valence-corrected chi connectivity index (χ2v) is 6.87. The van der Waals surface area contributed by atoms with E-state index in [1.165, 1.54) is 47.9 Å². The minimum Gasteiger partial charge on any atom is -0.0840 e. The summed E-state index contributed by atoms with van der Waals surface area (Å²) < 4.78 is 0. The normalized spacial score (nSPS) is 15.8. The Morgan fingerprint density at radius 3 is 2.60 bits per heavy atom. The van der Waals surface area contributed by atoms with E-state index in [9.17, 15) is 0 Å². The summed E-state index contributed by atoms with van der Waals surface area (Å²) in [6.45, 7) is 2.09. The Bertz CT molecular complexity index is 633. The van der Waals surface area contributed by atoms with E-state index in [0.29, 0.717) is 0 Å². The van der Waals surface area contributed by atoms with Gasteiger partial charge in [0.15, 0.2) is 0 Å².